The van der Waals surface area contributed by atoms with E-state index in [2.05, 4.69) is 4.74 Å². The Morgan fingerprint density at radius 1 is 1.24 bits per heavy atom. The zero-order chi connectivity index (χ0) is 18.2. The van der Waals surface area contributed by atoms with Crippen molar-refractivity contribution in [1.82, 2.24) is 5.06 Å². The van der Waals surface area contributed by atoms with Crippen molar-refractivity contribution >= 4 is 5.97 Å². The number of halogens is 3. The van der Waals surface area contributed by atoms with Crippen molar-refractivity contribution in [1.29, 1.82) is 0 Å². The smallest absolute Gasteiger partial charge is 0.416 e. The summed E-state index contributed by atoms with van der Waals surface area (Å²) in [4.78, 5) is 11.9. The molecular weight excluding hydrogens is 339 g/mol. The first-order valence-corrected chi connectivity index (χ1v) is 8.23. The predicted molar refractivity (Wildman–Crippen MR) is 81.5 cm³/mol. The number of benzene rings is 1. The molecule has 1 N–H and O–H groups in total. The fourth-order valence-electron chi connectivity index (χ4n) is 3.66. The van der Waals surface area contributed by atoms with Gasteiger partial charge in [-0.25, -0.2) is 4.79 Å². The van der Waals surface area contributed by atoms with Gasteiger partial charge < -0.3 is 14.7 Å². The monoisotopic (exact) mass is 359 g/mol. The fraction of sp³-hybridized carbons (Fsp3) is 0.588. The lowest BCUT2D eigenvalue weighted by molar-refractivity contribution is -0.207. The molecule has 138 valence electrons. The van der Waals surface area contributed by atoms with Crippen molar-refractivity contribution in [2.45, 2.75) is 56.5 Å². The lowest BCUT2D eigenvalue weighted by Crippen LogP contribution is -2.52. The van der Waals surface area contributed by atoms with Crippen LogP contribution in [0.4, 0.5) is 13.2 Å². The van der Waals surface area contributed by atoms with Gasteiger partial charge in [0.05, 0.1) is 12.7 Å². The highest BCUT2D eigenvalue weighted by atomic mass is 19.4. The molecule has 2 saturated heterocycles. The van der Waals surface area contributed by atoms with E-state index in [9.17, 15) is 23.2 Å². The van der Waals surface area contributed by atoms with Crippen LogP contribution in [-0.2, 0) is 10.9 Å². The van der Waals surface area contributed by atoms with E-state index in [1.807, 2.05) is 0 Å². The number of carbonyl (C=O) groups excluding carboxylic acids is 1. The maximum atomic E-state index is 12.9. The number of rotatable bonds is 3. The van der Waals surface area contributed by atoms with Gasteiger partial charge in [-0.05, 0) is 31.0 Å². The first-order valence-electron chi connectivity index (χ1n) is 8.23. The number of esters is 1. The molecule has 2 aliphatic heterocycles. The van der Waals surface area contributed by atoms with Gasteiger partial charge in [-0.15, -0.1) is 0 Å². The first kappa shape index (κ1) is 18.0. The van der Waals surface area contributed by atoms with Crippen LogP contribution < -0.4 is 4.74 Å². The van der Waals surface area contributed by atoms with Crippen molar-refractivity contribution in [2.75, 3.05) is 7.11 Å². The van der Waals surface area contributed by atoms with Gasteiger partial charge in [0.15, 0.2) is 0 Å². The van der Waals surface area contributed by atoms with Crippen LogP contribution in [0.2, 0.25) is 0 Å². The van der Waals surface area contributed by atoms with Crippen LogP contribution >= 0.6 is 0 Å². The molecule has 0 aliphatic carbocycles. The third-order valence-electron chi connectivity index (χ3n) is 4.90. The van der Waals surface area contributed by atoms with E-state index in [0.29, 0.717) is 12.8 Å². The summed E-state index contributed by atoms with van der Waals surface area (Å²) in [5, 5.41) is 11.4. The molecule has 0 spiro atoms. The summed E-state index contributed by atoms with van der Waals surface area (Å²) in [5.74, 6) is -0.796. The molecular formula is C17H20F3NO4. The Balaban J connectivity index is 1.83. The van der Waals surface area contributed by atoms with E-state index >= 15 is 0 Å². The van der Waals surface area contributed by atoms with Crippen LogP contribution in [0.1, 0.15) is 48.0 Å². The van der Waals surface area contributed by atoms with Crippen LogP contribution in [0.5, 0.6) is 5.75 Å². The van der Waals surface area contributed by atoms with Crippen LogP contribution in [0, 0.1) is 0 Å². The van der Waals surface area contributed by atoms with Gasteiger partial charge in [-0.1, -0.05) is 6.42 Å². The Morgan fingerprint density at radius 2 is 1.88 bits per heavy atom. The van der Waals surface area contributed by atoms with Gasteiger partial charge in [-0.3, -0.25) is 0 Å². The molecule has 2 fully saturated rings. The van der Waals surface area contributed by atoms with Gasteiger partial charge in [0.25, 0.3) is 0 Å². The minimum absolute atomic E-state index is 0.0199. The molecule has 2 atom stereocenters. The number of methoxy groups -OCH3 is 1. The summed E-state index contributed by atoms with van der Waals surface area (Å²) < 4.78 is 49.1. The Kier molecular flexibility index (Phi) is 4.92. The highest BCUT2D eigenvalue weighted by Gasteiger charge is 2.39. The van der Waals surface area contributed by atoms with Crippen molar-refractivity contribution in [3.63, 3.8) is 0 Å². The maximum Gasteiger partial charge on any atom is 0.416 e. The van der Waals surface area contributed by atoms with Gasteiger partial charge >= 0.3 is 12.1 Å². The summed E-state index contributed by atoms with van der Waals surface area (Å²) in [6, 6.07) is 2.77. The van der Waals surface area contributed by atoms with Crippen molar-refractivity contribution < 1.29 is 32.6 Å². The standard InChI is InChI=1S/C17H20F3NO4/c1-24-16(22)14-7-10(17(18,19)20)5-6-15(14)25-13-8-11-3-2-4-12(9-13)21(11)23/h5-7,11-13,23H,2-4,8-9H2,1H3/t11-,12-/m1/s1. The topological polar surface area (TPSA) is 59.0 Å². The predicted octanol–water partition coefficient (Wildman–Crippen LogP) is 3.65. The molecule has 2 aliphatic rings. The second-order valence-electron chi connectivity index (χ2n) is 6.53. The number of hydroxylamine groups is 2. The molecule has 1 aromatic rings. The van der Waals surface area contributed by atoms with E-state index in [1.54, 1.807) is 0 Å². The Hall–Kier alpha value is -1.80. The molecule has 3 rings (SSSR count). The van der Waals surface area contributed by atoms with Gasteiger partial charge in [0.2, 0.25) is 0 Å². The van der Waals surface area contributed by atoms with E-state index < -0.39 is 17.7 Å². The number of hydrogen-bond donors (Lipinski definition) is 1. The molecule has 1 aromatic carbocycles. The van der Waals surface area contributed by atoms with Crippen LogP contribution in [0.25, 0.3) is 0 Å². The maximum absolute atomic E-state index is 12.9. The quantitative estimate of drug-likeness (QED) is 0.835. The summed E-state index contributed by atoms with van der Waals surface area (Å²) in [5.41, 5.74) is -1.17. The highest BCUT2D eigenvalue weighted by Crippen LogP contribution is 2.37. The Morgan fingerprint density at radius 3 is 2.44 bits per heavy atom. The first-order chi connectivity index (χ1) is 11.8. The SMILES string of the molecule is COC(=O)c1cc(C(F)(F)F)ccc1OC1C[C@H]2CCC[C@H](C1)N2O. The minimum atomic E-state index is -4.56. The van der Waals surface area contributed by atoms with Gasteiger partial charge in [-0.2, -0.15) is 18.2 Å². The molecule has 5 nitrogen and oxygen atoms in total. The Bertz CT molecular complexity index is 635. The highest BCUT2D eigenvalue weighted by molar-refractivity contribution is 5.92. The summed E-state index contributed by atoms with van der Waals surface area (Å²) >= 11 is 0. The van der Waals surface area contributed by atoms with E-state index in [4.69, 9.17) is 4.74 Å². The molecule has 2 heterocycles. The van der Waals surface area contributed by atoms with Crippen LogP contribution in [0.15, 0.2) is 18.2 Å². The average Bonchev–Trinajstić information content (AvgIpc) is 2.54. The van der Waals surface area contributed by atoms with E-state index in [0.717, 1.165) is 44.6 Å². The van der Waals surface area contributed by atoms with Crippen LogP contribution in [0.3, 0.4) is 0 Å². The second kappa shape index (κ2) is 6.84. The van der Waals surface area contributed by atoms with E-state index in [1.165, 1.54) is 5.06 Å². The van der Waals surface area contributed by atoms with Gasteiger partial charge in [0, 0.05) is 24.9 Å². The zero-order valence-electron chi connectivity index (χ0n) is 13.8. The molecule has 2 bridgehead atoms. The third-order valence-corrected chi connectivity index (χ3v) is 4.90. The molecule has 25 heavy (non-hydrogen) atoms. The number of ether oxygens (including phenoxy) is 2. The van der Waals surface area contributed by atoms with Crippen molar-refractivity contribution in [3.8, 4) is 5.75 Å². The largest absolute Gasteiger partial charge is 0.489 e. The van der Waals surface area contributed by atoms with Gasteiger partial charge in [0.1, 0.15) is 17.4 Å². The molecule has 0 radical (unpaired) electrons. The number of hydrogen-bond acceptors (Lipinski definition) is 5. The molecule has 0 saturated carbocycles. The second-order valence-corrected chi connectivity index (χ2v) is 6.53. The minimum Gasteiger partial charge on any atom is -0.489 e. The summed E-state index contributed by atoms with van der Waals surface area (Å²) in [7, 11) is 1.11. The zero-order valence-corrected chi connectivity index (χ0v) is 13.8. The number of nitrogens with zero attached hydrogens (tertiary/aromatic N) is 1. The summed E-state index contributed by atoms with van der Waals surface area (Å²) in [6.07, 6.45) is -0.955. The van der Waals surface area contributed by atoms with Crippen molar-refractivity contribution in [3.05, 3.63) is 29.3 Å². The van der Waals surface area contributed by atoms with Crippen LogP contribution in [-0.4, -0.2) is 41.5 Å². The summed E-state index contributed by atoms with van der Waals surface area (Å²) in [6.45, 7) is 0. The number of carbonyl (C=O) groups is 1. The van der Waals surface area contributed by atoms with Crippen molar-refractivity contribution in [2.24, 2.45) is 0 Å². The number of alkyl halides is 3. The van der Waals surface area contributed by atoms with E-state index in [-0.39, 0.29) is 29.5 Å². The average molecular weight is 359 g/mol. The fourth-order valence-corrected chi connectivity index (χ4v) is 3.66. The number of fused-ring (bicyclic) bond motifs is 2. The Labute approximate surface area is 143 Å². The number of piperidine rings is 2. The molecule has 0 aromatic heterocycles. The molecule has 0 amide bonds. The molecule has 8 heteroatoms. The lowest BCUT2D eigenvalue weighted by Gasteiger charge is -2.44. The normalized spacial score (nSPS) is 27.0. The molecule has 0 unspecified atom stereocenters. The third kappa shape index (κ3) is 3.74. The lowest BCUT2D eigenvalue weighted by atomic mass is 9.84.